The lowest BCUT2D eigenvalue weighted by atomic mass is 10.1. The fourth-order valence-electron chi connectivity index (χ4n) is 2.62. The van der Waals surface area contributed by atoms with Crippen molar-refractivity contribution in [1.29, 1.82) is 0 Å². The van der Waals surface area contributed by atoms with Crippen LogP contribution in [-0.2, 0) is 23.9 Å². The van der Waals surface area contributed by atoms with E-state index >= 15 is 0 Å². The smallest absolute Gasteiger partial charge is 0.372 e. The maximum Gasteiger partial charge on any atom is 0.534 e. The van der Waals surface area contributed by atoms with Gasteiger partial charge in [0.2, 0.25) is 11.7 Å². The van der Waals surface area contributed by atoms with Crippen molar-refractivity contribution in [2.75, 3.05) is 5.88 Å². The highest BCUT2D eigenvalue weighted by Crippen LogP contribution is 2.36. The molecule has 0 N–H and O–H groups in total. The zero-order chi connectivity index (χ0) is 17.4. The third-order valence-corrected chi connectivity index (χ3v) is 4.85. The van der Waals surface area contributed by atoms with Crippen LogP contribution in [0.5, 0.6) is 0 Å². The lowest BCUT2D eigenvalue weighted by Gasteiger charge is -2.32. The Morgan fingerprint density at radius 2 is 2.04 bits per heavy atom. The fourth-order valence-corrected chi connectivity index (χ4v) is 3.22. The van der Waals surface area contributed by atoms with Gasteiger partial charge in [-0.3, -0.25) is 9.59 Å². The van der Waals surface area contributed by atoms with Gasteiger partial charge in [-0.2, -0.15) is 21.6 Å². The number of halogens is 4. The summed E-state index contributed by atoms with van der Waals surface area (Å²) in [4.78, 5) is 25.5. The van der Waals surface area contributed by atoms with Crippen LogP contribution in [-0.4, -0.2) is 48.5 Å². The molecule has 2 bridgehead atoms. The van der Waals surface area contributed by atoms with Gasteiger partial charge in [-0.1, -0.05) is 0 Å². The lowest BCUT2D eigenvalue weighted by molar-refractivity contribution is -0.139. The van der Waals surface area contributed by atoms with Crippen molar-refractivity contribution >= 4 is 33.4 Å². The molecule has 1 amide bonds. The van der Waals surface area contributed by atoms with Crippen LogP contribution < -0.4 is 0 Å². The third kappa shape index (κ3) is 3.47. The first-order chi connectivity index (χ1) is 10.6. The molecular formula is C12H13ClF3NO5S. The lowest BCUT2D eigenvalue weighted by Crippen LogP contribution is -2.48. The Kier molecular flexibility index (Phi) is 4.95. The van der Waals surface area contributed by atoms with Gasteiger partial charge in [0.25, 0.3) is 0 Å². The van der Waals surface area contributed by atoms with E-state index in [1.807, 2.05) is 0 Å². The average Bonchev–Trinajstić information content (AvgIpc) is 2.78. The second-order valence-electron chi connectivity index (χ2n) is 5.13. The first kappa shape index (κ1) is 18.1. The molecule has 0 unspecified atom stereocenters. The number of Topliss-reactive ketones (excluding diaryl/α,β-unsaturated/α-hetero) is 1. The van der Waals surface area contributed by atoms with Gasteiger partial charge in [0.1, 0.15) is 0 Å². The van der Waals surface area contributed by atoms with Crippen LogP contribution in [0.4, 0.5) is 13.2 Å². The second-order valence-corrected chi connectivity index (χ2v) is 7.05. The highest BCUT2D eigenvalue weighted by Gasteiger charge is 2.52. The highest BCUT2D eigenvalue weighted by molar-refractivity contribution is 7.87. The molecule has 11 heteroatoms. The predicted molar refractivity (Wildman–Crippen MR) is 72.8 cm³/mol. The van der Waals surface area contributed by atoms with Gasteiger partial charge in [0.15, 0.2) is 5.76 Å². The molecule has 130 valence electrons. The van der Waals surface area contributed by atoms with E-state index in [4.69, 9.17) is 11.6 Å². The topological polar surface area (TPSA) is 80.8 Å². The minimum Gasteiger partial charge on any atom is -0.372 e. The van der Waals surface area contributed by atoms with Gasteiger partial charge >= 0.3 is 15.6 Å². The molecule has 2 aliphatic rings. The summed E-state index contributed by atoms with van der Waals surface area (Å²) in [6.45, 7) is 0. The standard InChI is InChI=1S/C12H13ClF3NO5S/c13-5-1-2-10(18)17-7-3-4-8(17)11(19)9(6-7)22-23(20,21)12(14,15)16/h6-8H,1-5H2/t7-,8+/m0/s1. The minimum absolute atomic E-state index is 0.106. The Labute approximate surface area is 135 Å². The number of fused-ring (bicyclic) bond motifs is 2. The van der Waals surface area contributed by atoms with E-state index in [1.54, 1.807) is 0 Å². The van der Waals surface area contributed by atoms with Gasteiger partial charge in [0, 0.05) is 12.3 Å². The summed E-state index contributed by atoms with van der Waals surface area (Å²) in [5.74, 6) is -1.90. The van der Waals surface area contributed by atoms with Crippen LogP contribution in [0, 0.1) is 0 Å². The molecule has 2 atom stereocenters. The normalized spacial score (nSPS) is 24.6. The van der Waals surface area contributed by atoms with E-state index in [0.29, 0.717) is 12.8 Å². The van der Waals surface area contributed by atoms with Crippen molar-refractivity contribution in [1.82, 2.24) is 4.90 Å². The van der Waals surface area contributed by atoms with Gasteiger partial charge in [-0.25, -0.2) is 0 Å². The number of carbonyl (C=O) groups is 2. The molecule has 0 aromatic carbocycles. The van der Waals surface area contributed by atoms with E-state index < -0.39 is 39.3 Å². The molecule has 0 aromatic heterocycles. The summed E-state index contributed by atoms with van der Waals surface area (Å²) < 4.78 is 63.0. The van der Waals surface area contributed by atoms with Gasteiger partial charge < -0.3 is 9.08 Å². The summed E-state index contributed by atoms with van der Waals surface area (Å²) in [5.41, 5.74) is -5.62. The number of hydrogen-bond donors (Lipinski definition) is 0. The third-order valence-electron chi connectivity index (χ3n) is 3.61. The number of hydrogen-bond acceptors (Lipinski definition) is 5. The van der Waals surface area contributed by atoms with Crippen molar-refractivity contribution in [3.8, 4) is 0 Å². The molecule has 2 aliphatic heterocycles. The van der Waals surface area contributed by atoms with Crippen LogP contribution in [0.2, 0.25) is 0 Å². The Morgan fingerprint density at radius 3 is 2.61 bits per heavy atom. The Balaban J connectivity index is 2.21. The molecule has 2 rings (SSSR count). The number of alkyl halides is 4. The average molecular weight is 376 g/mol. The number of amides is 1. The van der Waals surface area contributed by atoms with Crippen molar-refractivity contribution in [2.45, 2.75) is 43.3 Å². The van der Waals surface area contributed by atoms with Crippen LogP contribution in [0.1, 0.15) is 25.7 Å². The Morgan fingerprint density at radius 1 is 1.39 bits per heavy atom. The zero-order valence-electron chi connectivity index (χ0n) is 11.7. The van der Waals surface area contributed by atoms with Gasteiger partial charge in [-0.05, 0) is 25.3 Å². The molecule has 6 nitrogen and oxygen atoms in total. The van der Waals surface area contributed by atoms with Crippen LogP contribution in [0.25, 0.3) is 0 Å². The van der Waals surface area contributed by atoms with Gasteiger partial charge in [-0.15, -0.1) is 11.6 Å². The molecular weight excluding hydrogens is 363 g/mol. The van der Waals surface area contributed by atoms with E-state index in [0.717, 1.165) is 6.08 Å². The quantitative estimate of drug-likeness (QED) is 0.415. The summed E-state index contributed by atoms with van der Waals surface area (Å²) >= 11 is 5.50. The summed E-state index contributed by atoms with van der Waals surface area (Å²) in [7, 11) is -5.91. The fraction of sp³-hybridized carbons (Fsp3) is 0.667. The van der Waals surface area contributed by atoms with E-state index in [1.165, 1.54) is 4.90 Å². The van der Waals surface area contributed by atoms with E-state index in [9.17, 15) is 31.2 Å². The largest absolute Gasteiger partial charge is 0.534 e. The van der Waals surface area contributed by atoms with Crippen molar-refractivity contribution in [3.63, 3.8) is 0 Å². The van der Waals surface area contributed by atoms with Crippen molar-refractivity contribution < 1.29 is 35.4 Å². The second kappa shape index (κ2) is 6.31. The molecule has 2 heterocycles. The Bertz CT molecular complexity index is 646. The van der Waals surface area contributed by atoms with Crippen molar-refractivity contribution in [2.24, 2.45) is 0 Å². The Hall–Kier alpha value is -1.29. The molecule has 0 aliphatic carbocycles. The number of carbonyl (C=O) groups excluding carboxylic acids is 2. The summed E-state index contributed by atoms with van der Waals surface area (Å²) in [5, 5.41) is 0. The van der Waals surface area contributed by atoms with Crippen LogP contribution in [0.15, 0.2) is 11.8 Å². The maximum atomic E-state index is 12.3. The maximum absolute atomic E-state index is 12.3. The molecule has 0 saturated carbocycles. The first-order valence-corrected chi connectivity index (χ1v) is 8.66. The number of rotatable bonds is 5. The molecule has 23 heavy (non-hydrogen) atoms. The summed E-state index contributed by atoms with van der Waals surface area (Å²) in [6.07, 6.45) is 2.07. The van der Waals surface area contributed by atoms with E-state index in [2.05, 4.69) is 4.18 Å². The molecule has 0 aromatic rings. The molecule has 0 spiro atoms. The van der Waals surface area contributed by atoms with Gasteiger partial charge in [0.05, 0.1) is 12.1 Å². The molecule has 0 radical (unpaired) electrons. The highest BCUT2D eigenvalue weighted by atomic mass is 35.5. The van der Waals surface area contributed by atoms with Crippen LogP contribution >= 0.6 is 11.6 Å². The summed E-state index contributed by atoms with van der Waals surface area (Å²) in [6, 6.07) is -1.65. The van der Waals surface area contributed by atoms with Crippen molar-refractivity contribution in [3.05, 3.63) is 11.8 Å². The SMILES string of the molecule is O=C1C(OS(=O)(=O)C(F)(F)F)=C[C@@H]2CC[C@H]1N2C(=O)CCCCl. The van der Waals surface area contributed by atoms with E-state index in [-0.39, 0.29) is 24.6 Å². The number of ketones is 1. The minimum atomic E-state index is -5.91. The van der Waals surface area contributed by atoms with Crippen LogP contribution in [0.3, 0.4) is 0 Å². The predicted octanol–water partition coefficient (Wildman–Crippen LogP) is 1.70. The first-order valence-electron chi connectivity index (χ1n) is 6.72. The number of nitrogens with zero attached hydrogens (tertiary/aromatic N) is 1. The molecule has 1 saturated heterocycles. The zero-order valence-corrected chi connectivity index (χ0v) is 13.2. The molecule has 1 fully saturated rings. The monoisotopic (exact) mass is 375 g/mol.